The van der Waals surface area contributed by atoms with Crippen LogP contribution < -0.4 is 5.32 Å². The maximum Gasteiger partial charge on any atom is 0.0702 e. The molecule has 4 heteroatoms. The summed E-state index contributed by atoms with van der Waals surface area (Å²) in [5.74, 6) is 0. The number of rotatable bonds is 2. The Hall–Kier alpha value is -0.440. The van der Waals surface area contributed by atoms with Gasteiger partial charge in [-0.2, -0.15) is 0 Å². The van der Waals surface area contributed by atoms with Gasteiger partial charge in [0.25, 0.3) is 0 Å². The van der Waals surface area contributed by atoms with Crippen molar-refractivity contribution in [2.45, 2.75) is 50.7 Å². The lowest BCUT2D eigenvalue weighted by Gasteiger charge is -2.47. The molecule has 1 spiro atoms. The number of nitrogens with one attached hydrogen (secondary N) is 1. The zero-order chi connectivity index (χ0) is 13.5. The molecule has 2 aliphatic rings. The molecule has 1 aromatic rings. The predicted octanol–water partition coefficient (Wildman–Crippen LogP) is 4.82. The van der Waals surface area contributed by atoms with Crippen LogP contribution in [0.15, 0.2) is 12.1 Å². The molecule has 0 bridgehead atoms. The van der Waals surface area contributed by atoms with Crippen LogP contribution >= 0.6 is 23.2 Å². The summed E-state index contributed by atoms with van der Waals surface area (Å²) in [6.45, 7) is 2.81. The van der Waals surface area contributed by atoms with Gasteiger partial charge in [-0.1, -0.05) is 23.2 Å². The number of halogens is 2. The molecule has 104 valence electrons. The lowest BCUT2D eigenvalue weighted by Crippen LogP contribution is -2.49. The van der Waals surface area contributed by atoms with Crippen LogP contribution in [0.25, 0.3) is 0 Å². The van der Waals surface area contributed by atoms with Crippen LogP contribution in [0.4, 0.5) is 5.69 Å². The summed E-state index contributed by atoms with van der Waals surface area (Å²) in [6, 6.07) is 4.29. The van der Waals surface area contributed by atoms with E-state index in [0.29, 0.717) is 6.04 Å². The van der Waals surface area contributed by atoms with Gasteiger partial charge in [0.1, 0.15) is 0 Å². The Morgan fingerprint density at radius 1 is 1.26 bits per heavy atom. The van der Waals surface area contributed by atoms with Gasteiger partial charge in [-0.3, -0.25) is 0 Å². The fourth-order valence-electron chi connectivity index (χ4n) is 3.05. The summed E-state index contributed by atoms with van der Waals surface area (Å²) in [5.41, 5.74) is 2.11. The SMILES string of the molecule is Cc1cc(Cl)c(NC2CCOC3(CCC3)C2)cc1Cl. The minimum absolute atomic E-state index is 0.150. The standard InChI is InChI=1S/C15H19Cl2NO/c1-10-7-13(17)14(8-12(10)16)18-11-3-6-19-15(9-11)4-2-5-15/h7-8,11,18H,2-6,9H2,1H3. The number of aryl methyl sites for hydroxylation is 1. The van der Waals surface area contributed by atoms with E-state index in [9.17, 15) is 0 Å². The number of anilines is 1. The van der Waals surface area contributed by atoms with Crippen LogP contribution in [-0.4, -0.2) is 18.2 Å². The Morgan fingerprint density at radius 3 is 2.74 bits per heavy atom. The van der Waals surface area contributed by atoms with Crippen molar-refractivity contribution in [2.75, 3.05) is 11.9 Å². The quantitative estimate of drug-likeness (QED) is 0.846. The molecule has 0 amide bonds. The average molecular weight is 300 g/mol. The molecule has 1 saturated carbocycles. The fraction of sp³-hybridized carbons (Fsp3) is 0.600. The van der Waals surface area contributed by atoms with Gasteiger partial charge in [-0.25, -0.2) is 0 Å². The van der Waals surface area contributed by atoms with Gasteiger partial charge in [-0.05, 0) is 56.7 Å². The van der Waals surface area contributed by atoms with Gasteiger partial charge < -0.3 is 10.1 Å². The van der Waals surface area contributed by atoms with Crippen molar-refractivity contribution in [3.8, 4) is 0 Å². The molecular formula is C15H19Cl2NO. The third kappa shape index (κ3) is 2.72. The second kappa shape index (κ2) is 5.16. The van der Waals surface area contributed by atoms with E-state index in [1.807, 2.05) is 19.1 Å². The maximum atomic E-state index is 6.29. The van der Waals surface area contributed by atoms with E-state index in [0.717, 1.165) is 40.7 Å². The van der Waals surface area contributed by atoms with E-state index >= 15 is 0 Å². The largest absolute Gasteiger partial charge is 0.381 e. The lowest BCUT2D eigenvalue weighted by atomic mass is 9.74. The third-order valence-corrected chi connectivity index (χ3v) is 5.09. The summed E-state index contributed by atoms with van der Waals surface area (Å²) in [4.78, 5) is 0. The Labute approximate surface area is 124 Å². The number of benzene rings is 1. The van der Waals surface area contributed by atoms with Crippen LogP contribution in [0.3, 0.4) is 0 Å². The summed E-state index contributed by atoms with van der Waals surface area (Å²) < 4.78 is 5.94. The van der Waals surface area contributed by atoms with Crippen LogP contribution in [0.5, 0.6) is 0 Å². The Bertz CT molecular complexity index is 485. The van der Waals surface area contributed by atoms with Gasteiger partial charge in [0.15, 0.2) is 0 Å². The molecule has 2 nitrogen and oxygen atoms in total. The maximum absolute atomic E-state index is 6.29. The number of hydrogen-bond donors (Lipinski definition) is 1. The first kappa shape index (κ1) is 13.5. The van der Waals surface area contributed by atoms with Crippen LogP contribution in [0.1, 0.15) is 37.7 Å². The summed E-state index contributed by atoms with van der Waals surface area (Å²) in [5, 5.41) is 5.05. The monoisotopic (exact) mass is 299 g/mol. The van der Waals surface area contributed by atoms with Gasteiger partial charge in [0.2, 0.25) is 0 Å². The molecule has 1 N–H and O–H groups in total. The van der Waals surface area contributed by atoms with Crippen LogP contribution in [-0.2, 0) is 4.74 Å². The van der Waals surface area contributed by atoms with E-state index in [4.69, 9.17) is 27.9 Å². The summed E-state index contributed by atoms with van der Waals surface area (Å²) in [6.07, 6.45) is 5.81. The minimum atomic E-state index is 0.150. The first-order chi connectivity index (χ1) is 9.08. The summed E-state index contributed by atoms with van der Waals surface area (Å²) >= 11 is 12.5. The third-order valence-electron chi connectivity index (χ3n) is 4.37. The average Bonchev–Trinajstić information content (AvgIpc) is 2.34. The highest BCUT2D eigenvalue weighted by molar-refractivity contribution is 6.35. The highest BCUT2D eigenvalue weighted by Crippen LogP contribution is 2.43. The van der Waals surface area contributed by atoms with Crippen LogP contribution in [0.2, 0.25) is 10.0 Å². The first-order valence-corrected chi connectivity index (χ1v) is 7.70. The molecule has 1 aliphatic carbocycles. The van der Waals surface area contributed by atoms with E-state index in [1.165, 1.54) is 19.3 Å². The molecule has 1 unspecified atom stereocenters. The molecular weight excluding hydrogens is 281 g/mol. The normalized spacial score (nSPS) is 25.1. The molecule has 3 rings (SSSR count). The zero-order valence-electron chi connectivity index (χ0n) is 11.1. The number of ether oxygens (including phenoxy) is 1. The Morgan fingerprint density at radius 2 is 2.05 bits per heavy atom. The van der Waals surface area contributed by atoms with E-state index in [2.05, 4.69) is 5.32 Å². The van der Waals surface area contributed by atoms with Crippen molar-refractivity contribution in [3.05, 3.63) is 27.7 Å². The molecule has 1 saturated heterocycles. The van der Waals surface area contributed by atoms with E-state index in [-0.39, 0.29) is 5.60 Å². The van der Waals surface area contributed by atoms with Crippen molar-refractivity contribution >= 4 is 28.9 Å². The first-order valence-electron chi connectivity index (χ1n) is 6.94. The van der Waals surface area contributed by atoms with Crippen molar-refractivity contribution in [1.82, 2.24) is 0 Å². The summed E-state index contributed by atoms with van der Waals surface area (Å²) in [7, 11) is 0. The van der Waals surface area contributed by atoms with Crippen molar-refractivity contribution < 1.29 is 4.74 Å². The second-order valence-corrected chi connectivity index (χ2v) is 6.61. The smallest absolute Gasteiger partial charge is 0.0702 e. The highest BCUT2D eigenvalue weighted by atomic mass is 35.5. The minimum Gasteiger partial charge on any atom is -0.381 e. The van der Waals surface area contributed by atoms with Crippen molar-refractivity contribution in [1.29, 1.82) is 0 Å². The molecule has 1 atom stereocenters. The van der Waals surface area contributed by atoms with Crippen molar-refractivity contribution in [3.63, 3.8) is 0 Å². The van der Waals surface area contributed by atoms with Gasteiger partial charge >= 0.3 is 0 Å². The topological polar surface area (TPSA) is 21.3 Å². The Balaban J connectivity index is 1.72. The van der Waals surface area contributed by atoms with E-state index < -0.39 is 0 Å². The number of hydrogen-bond acceptors (Lipinski definition) is 2. The zero-order valence-corrected chi connectivity index (χ0v) is 12.7. The lowest BCUT2D eigenvalue weighted by molar-refractivity contribution is -0.130. The van der Waals surface area contributed by atoms with E-state index in [1.54, 1.807) is 0 Å². The molecule has 1 aliphatic heterocycles. The highest BCUT2D eigenvalue weighted by Gasteiger charge is 2.42. The van der Waals surface area contributed by atoms with Crippen molar-refractivity contribution in [2.24, 2.45) is 0 Å². The molecule has 1 heterocycles. The molecule has 19 heavy (non-hydrogen) atoms. The second-order valence-electron chi connectivity index (χ2n) is 5.80. The van der Waals surface area contributed by atoms with Gasteiger partial charge in [-0.15, -0.1) is 0 Å². The molecule has 2 fully saturated rings. The molecule has 0 aromatic heterocycles. The van der Waals surface area contributed by atoms with Gasteiger partial charge in [0, 0.05) is 17.7 Å². The fourth-order valence-corrected chi connectivity index (χ4v) is 3.48. The molecule has 1 aromatic carbocycles. The van der Waals surface area contributed by atoms with Gasteiger partial charge in [0.05, 0.1) is 16.3 Å². The Kier molecular flexibility index (Phi) is 3.67. The molecule has 0 radical (unpaired) electrons. The van der Waals surface area contributed by atoms with Crippen LogP contribution in [0, 0.1) is 6.92 Å². The predicted molar refractivity (Wildman–Crippen MR) is 80.4 cm³/mol.